The highest BCUT2D eigenvalue weighted by Gasteiger charge is 1.97. The van der Waals surface area contributed by atoms with E-state index in [1.54, 1.807) is 0 Å². The average Bonchev–Trinajstić information content (AvgIpc) is 2.46. The minimum atomic E-state index is 0.600. The molecular formula is C17H13O. The Morgan fingerprint density at radius 3 is 2.67 bits per heavy atom. The lowest BCUT2D eigenvalue weighted by atomic mass is 10.1. The Kier molecular flexibility index (Phi) is 2.97. The fourth-order valence-corrected chi connectivity index (χ4v) is 1.94. The van der Waals surface area contributed by atoms with Crippen LogP contribution in [0.2, 0.25) is 0 Å². The molecule has 0 spiro atoms. The molecule has 0 saturated heterocycles. The Bertz CT molecular complexity index is 644. The van der Waals surface area contributed by atoms with Crippen LogP contribution < -0.4 is 4.74 Å². The third kappa shape index (κ3) is 2.35. The van der Waals surface area contributed by atoms with Crippen LogP contribution in [-0.2, 0) is 6.61 Å². The lowest BCUT2D eigenvalue weighted by Gasteiger charge is -2.07. The number of hydrogen-bond acceptors (Lipinski definition) is 1. The number of hydrogen-bond donors (Lipinski definition) is 0. The van der Waals surface area contributed by atoms with Crippen LogP contribution in [0.3, 0.4) is 0 Å². The molecule has 18 heavy (non-hydrogen) atoms. The van der Waals surface area contributed by atoms with Gasteiger partial charge in [0, 0.05) is 0 Å². The van der Waals surface area contributed by atoms with Gasteiger partial charge in [-0.2, -0.15) is 0 Å². The summed E-state index contributed by atoms with van der Waals surface area (Å²) in [7, 11) is 0. The second kappa shape index (κ2) is 4.92. The molecule has 0 saturated carbocycles. The zero-order valence-electron chi connectivity index (χ0n) is 9.97. The molecule has 0 atom stereocenters. The van der Waals surface area contributed by atoms with Gasteiger partial charge in [-0.1, -0.05) is 48.5 Å². The van der Waals surface area contributed by atoms with E-state index in [1.807, 2.05) is 36.4 Å². The number of fused-ring (bicyclic) bond motifs is 1. The van der Waals surface area contributed by atoms with Gasteiger partial charge in [0.25, 0.3) is 0 Å². The molecule has 0 aromatic heterocycles. The van der Waals surface area contributed by atoms with Crippen molar-refractivity contribution in [2.45, 2.75) is 6.61 Å². The quantitative estimate of drug-likeness (QED) is 0.658. The van der Waals surface area contributed by atoms with Gasteiger partial charge in [0.15, 0.2) is 0 Å². The minimum Gasteiger partial charge on any atom is -0.489 e. The van der Waals surface area contributed by atoms with Gasteiger partial charge in [0.2, 0.25) is 0 Å². The zero-order chi connectivity index (χ0) is 12.2. The van der Waals surface area contributed by atoms with Crippen molar-refractivity contribution in [1.82, 2.24) is 0 Å². The van der Waals surface area contributed by atoms with Crippen LogP contribution in [0.5, 0.6) is 5.75 Å². The largest absolute Gasteiger partial charge is 0.489 e. The maximum atomic E-state index is 5.79. The third-order valence-electron chi connectivity index (χ3n) is 2.90. The van der Waals surface area contributed by atoms with Crippen molar-refractivity contribution in [3.8, 4) is 5.75 Å². The zero-order valence-corrected chi connectivity index (χ0v) is 9.97. The summed E-state index contributed by atoms with van der Waals surface area (Å²) in [5, 5.41) is 2.36. The minimum absolute atomic E-state index is 0.600. The Morgan fingerprint density at radius 2 is 1.78 bits per heavy atom. The summed E-state index contributed by atoms with van der Waals surface area (Å²) >= 11 is 0. The number of benzene rings is 3. The van der Waals surface area contributed by atoms with Crippen LogP contribution in [0, 0.1) is 6.07 Å². The second-order valence-electron chi connectivity index (χ2n) is 4.21. The molecule has 0 unspecified atom stereocenters. The molecule has 3 aromatic carbocycles. The summed E-state index contributed by atoms with van der Waals surface area (Å²) < 4.78 is 5.79. The van der Waals surface area contributed by atoms with Crippen molar-refractivity contribution in [2.24, 2.45) is 0 Å². The first kappa shape index (κ1) is 10.8. The lowest BCUT2D eigenvalue weighted by molar-refractivity contribution is 0.306. The Hall–Kier alpha value is -2.28. The van der Waals surface area contributed by atoms with Gasteiger partial charge >= 0.3 is 0 Å². The second-order valence-corrected chi connectivity index (χ2v) is 4.21. The monoisotopic (exact) mass is 233 g/mol. The van der Waals surface area contributed by atoms with Gasteiger partial charge in [-0.3, -0.25) is 0 Å². The summed E-state index contributed by atoms with van der Waals surface area (Å²) in [5.41, 5.74) is 1.18. The first-order chi connectivity index (χ1) is 8.92. The molecule has 1 radical (unpaired) electrons. The summed E-state index contributed by atoms with van der Waals surface area (Å²) in [6, 6.07) is 25.3. The lowest BCUT2D eigenvalue weighted by Crippen LogP contribution is -1.94. The Balaban J connectivity index is 1.79. The predicted molar refractivity (Wildman–Crippen MR) is 73.6 cm³/mol. The molecule has 0 heterocycles. The molecule has 0 bridgehead atoms. The molecule has 0 aliphatic rings. The summed E-state index contributed by atoms with van der Waals surface area (Å²) in [4.78, 5) is 0. The van der Waals surface area contributed by atoms with E-state index in [2.05, 4.69) is 36.4 Å². The SMILES string of the molecule is [c]1ccc2ccc(OCc3ccccc3)cc2c1. The molecule has 1 nitrogen and oxygen atoms in total. The van der Waals surface area contributed by atoms with Crippen LogP contribution in [0.1, 0.15) is 5.56 Å². The highest BCUT2D eigenvalue weighted by Crippen LogP contribution is 2.21. The normalized spacial score (nSPS) is 10.4. The van der Waals surface area contributed by atoms with Crippen molar-refractivity contribution in [1.29, 1.82) is 0 Å². The van der Waals surface area contributed by atoms with Crippen molar-refractivity contribution in [3.05, 3.63) is 78.4 Å². The van der Waals surface area contributed by atoms with Gasteiger partial charge in [-0.05, 0) is 40.6 Å². The third-order valence-corrected chi connectivity index (χ3v) is 2.90. The molecule has 0 N–H and O–H groups in total. The average molecular weight is 233 g/mol. The van der Waals surface area contributed by atoms with E-state index in [-0.39, 0.29) is 0 Å². The van der Waals surface area contributed by atoms with E-state index < -0.39 is 0 Å². The van der Waals surface area contributed by atoms with Crippen LogP contribution >= 0.6 is 0 Å². The molecular weight excluding hydrogens is 220 g/mol. The maximum Gasteiger partial charge on any atom is 0.120 e. The molecule has 0 aliphatic carbocycles. The first-order valence-corrected chi connectivity index (χ1v) is 5.98. The number of rotatable bonds is 3. The van der Waals surface area contributed by atoms with Crippen molar-refractivity contribution >= 4 is 10.8 Å². The van der Waals surface area contributed by atoms with Crippen LogP contribution in [0.25, 0.3) is 10.8 Å². The van der Waals surface area contributed by atoms with Crippen LogP contribution in [0.15, 0.2) is 66.7 Å². The molecule has 3 aromatic rings. The van der Waals surface area contributed by atoms with E-state index in [0.717, 1.165) is 11.1 Å². The van der Waals surface area contributed by atoms with Gasteiger partial charge in [0.1, 0.15) is 12.4 Å². The van der Waals surface area contributed by atoms with E-state index in [0.29, 0.717) is 6.61 Å². The molecule has 0 fully saturated rings. The van der Waals surface area contributed by atoms with E-state index >= 15 is 0 Å². The highest BCUT2D eigenvalue weighted by molar-refractivity contribution is 5.83. The van der Waals surface area contributed by atoms with Crippen LogP contribution in [0.4, 0.5) is 0 Å². The van der Waals surface area contributed by atoms with Crippen LogP contribution in [-0.4, -0.2) is 0 Å². The highest BCUT2D eigenvalue weighted by atomic mass is 16.5. The molecule has 3 rings (SSSR count). The van der Waals surface area contributed by atoms with Crippen molar-refractivity contribution < 1.29 is 4.74 Å². The molecule has 87 valence electrons. The standard InChI is InChI=1S/C17H13O/c1-2-6-14(7-3-1)13-18-17-11-10-15-8-4-5-9-16(15)12-17/h1-4,6-12H,13H2. The van der Waals surface area contributed by atoms with E-state index in [9.17, 15) is 0 Å². The van der Waals surface area contributed by atoms with Gasteiger partial charge in [-0.15, -0.1) is 0 Å². The van der Waals surface area contributed by atoms with E-state index in [4.69, 9.17) is 4.74 Å². The summed E-state index contributed by atoms with van der Waals surface area (Å²) in [5.74, 6) is 0.894. The van der Waals surface area contributed by atoms with E-state index in [1.165, 1.54) is 10.9 Å². The summed E-state index contributed by atoms with van der Waals surface area (Å²) in [6.07, 6.45) is 0. The summed E-state index contributed by atoms with van der Waals surface area (Å²) in [6.45, 7) is 0.600. The fourth-order valence-electron chi connectivity index (χ4n) is 1.94. The molecule has 0 aliphatic heterocycles. The van der Waals surface area contributed by atoms with Crippen molar-refractivity contribution in [3.63, 3.8) is 0 Å². The van der Waals surface area contributed by atoms with Gasteiger partial charge in [0.05, 0.1) is 0 Å². The first-order valence-electron chi connectivity index (χ1n) is 5.98. The fraction of sp³-hybridized carbons (Fsp3) is 0.0588. The number of ether oxygens (including phenoxy) is 1. The maximum absolute atomic E-state index is 5.79. The topological polar surface area (TPSA) is 9.23 Å². The Morgan fingerprint density at radius 1 is 0.889 bits per heavy atom. The Labute approximate surface area is 107 Å². The molecule has 0 amide bonds. The van der Waals surface area contributed by atoms with Crippen molar-refractivity contribution in [2.75, 3.05) is 0 Å². The molecule has 1 heteroatoms. The predicted octanol–water partition coefficient (Wildman–Crippen LogP) is 4.22. The van der Waals surface area contributed by atoms with Gasteiger partial charge in [-0.25, -0.2) is 0 Å². The smallest absolute Gasteiger partial charge is 0.120 e. The van der Waals surface area contributed by atoms with Gasteiger partial charge < -0.3 is 4.74 Å².